The lowest BCUT2D eigenvalue weighted by Crippen LogP contribution is -2.07. The van der Waals surface area contributed by atoms with Crippen molar-refractivity contribution in [3.63, 3.8) is 0 Å². The molecule has 0 aromatic heterocycles. The van der Waals surface area contributed by atoms with Gasteiger partial charge in [0, 0.05) is 5.56 Å². The Bertz CT molecular complexity index is 959. The molecule has 0 radical (unpaired) electrons. The van der Waals surface area contributed by atoms with Crippen molar-refractivity contribution in [2.75, 3.05) is 0 Å². The van der Waals surface area contributed by atoms with E-state index in [1.165, 1.54) is 6.92 Å². The third kappa shape index (κ3) is 4.71. The molecule has 3 aromatic rings. The fourth-order valence-electron chi connectivity index (χ4n) is 2.89. The SMILES string of the molecule is CC(=O)c1cc(C=Cc2ccccc2)c(C=Cc2ccccc2)cc1C(=O)O. The monoisotopic (exact) mass is 368 g/mol. The van der Waals surface area contributed by atoms with Crippen LogP contribution in [0.2, 0.25) is 0 Å². The third-order valence-corrected chi connectivity index (χ3v) is 4.34. The van der Waals surface area contributed by atoms with Crippen molar-refractivity contribution in [2.24, 2.45) is 0 Å². The van der Waals surface area contributed by atoms with Gasteiger partial charge in [0.05, 0.1) is 5.56 Å². The summed E-state index contributed by atoms with van der Waals surface area (Å²) in [6.07, 6.45) is 7.64. The number of carbonyl (C=O) groups is 2. The average molecular weight is 368 g/mol. The largest absolute Gasteiger partial charge is 0.478 e. The maximum absolute atomic E-state index is 12.0. The fraction of sp³-hybridized carbons (Fsp3) is 0.0400. The summed E-state index contributed by atoms with van der Waals surface area (Å²) in [5.74, 6) is -1.39. The molecule has 28 heavy (non-hydrogen) atoms. The summed E-state index contributed by atoms with van der Waals surface area (Å²) in [5, 5.41) is 9.53. The van der Waals surface area contributed by atoms with Gasteiger partial charge in [0.25, 0.3) is 0 Å². The van der Waals surface area contributed by atoms with Gasteiger partial charge in [0.1, 0.15) is 0 Å². The molecular weight excluding hydrogens is 348 g/mol. The van der Waals surface area contributed by atoms with Gasteiger partial charge in [-0.15, -0.1) is 0 Å². The lowest BCUT2D eigenvalue weighted by molar-refractivity contribution is 0.0692. The number of Topliss-reactive ketones (excluding diaryl/α,β-unsaturated/α-hetero) is 1. The van der Waals surface area contributed by atoms with Crippen molar-refractivity contribution in [1.29, 1.82) is 0 Å². The van der Waals surface area contributed by atoms with Gasteiger partial charge in [0.2, 0.25) is 0 Å². The first-order chi connectivity index (χ1) is 13.5. The van der Waals surface area contributed by atoms with E-state index in [-0.39, 0.29) is 16.9 Å². The van der Waals surface area contributed by atoms with Gasteiger partial charge < -0.3 is 5.11 Å². The fourth-order valence-corrected chi connectivity index (χ4v) is 2.89. The quantitative estimate of drug-likeness (QED) is 0.433. The van der Waals surface area contributed by atoms with Crippen LogP contribution >= 0.6 is 0 Å². The molecule has 0 saturated heterocycles. The molecule has 3 nitrogen and oxygen atoms in total. The van der Waals surface area contributed by atoms with Gasteiger partial charge in [-0.05, 0) is 41.3 Å². The van der Waals surface area contributed by atoms with Crippen LogP contribution in [0.4, 0.5) is 0 Å². The first-order valence-electron chi connectivity index (χ1n) is 8.93. The van der Waals surface area contributed by atoms with Gasteiger partial charge in [-0.2, -0.15) is 0 Å². The number of benzene rings is 3. The van der Waals surface area contributed by atoms with Gasteiger partial charge >= 0.3 is 5.97 Å². The molecule has 0 bridgehead atoms. The molecule has 0 aliphatic rings. The van der Waals surface area contributed by atoms with E-state index < -0.39 is 5.97 Å². The molecule has 0 heterocycles. The van der Waals surface area contributed by atoms with Crippen LogP contribution in [0.3, 0.4) is 0 Å². The highest BCUT2D eigenvalue weighted by atomic mass is 16.4. The zero-order valence-corrected chi connectivity index (χ0v) is 15.5. The Balaban J connectivity index is 2.09. The van der Waals surface area contributed by atoms with Crippen LogP contribution in [0.25, 0.3) is 24.3 Å². The van der Waals surface area contributed by atoms with E-state index in [0.717, 1.165) is 22.3 Å². The predicted octanol–water partition coefficient (Wildman–Crippen LogP) is 5.93. The number of ketones is 1. The number of carbonyl (C=O) groups excluding carboxylic acids is 1. The Labute approximate surface area is 164 Å². The van der Waals surface area contributed by atoms with Crippen molar-refractivity contribution in [3.05, 3.63) is 106 Å². The number of carboxylic acids is 1. The van der Waals surface area contributed by atoms with Gasteiger partial charge in [-0.3, -0.25) is 4.79 Å². The number of rotatable bonds is 6. The van der Waals surface area contributed by atoms with Crippen LogP contribution in [0.15, 0.2) is 72.8 Å². The number of aromatic carboxylic acids is 1. The summed E-state index contributed by atoms with van der Waals surface area (Å²) in [4.78, 5) is 23.6. The minimum Gasteiger partial charge on any atom is -0.478 e. The predicted molar refractivity (Wildman–Crippen MR) is 114 cm³/mol. The van der Waals surface area contributed by atoms with Crippen LogP contribution in [0.1, 0.15) is 49.9 Å². The standard InChI is InChI=1S/C25H20O3/c1-18(26)23-16-21(14-12-19-8-4-2-5-9-19)22(17-24(23)25(27)28)15-13-20-10-6-3-7-11-20/h2-17H,1H3,(H,27,28). The van der Waals surface area contributed by atoms with Crippen LogP contribution in [0, 0.1) is 0 Å². The summed E-state index contributed by atoms with van der Waals surface area (Å²) in [5.41, 5.74) is 3.76. The molecule has 0 aliphatic heterocycles. The summed E-state index contributed by atoms with van der Waals surface area (Å²) < 4.78 is 0. The molecule has 0 amide bonds. The van der Waals surface area contributed by atoms with E-state index >= 15 is 0 Å². The van der Waals surface area contributed by atoms with E-state index in [0.29, 0.717) is 0 Å². The average Bonchev–Trinajstić information content (AvgIpc) is 2.71. The third-order valence-electron chi connectivity index (χ3n) is 4.34. The summed E-state index contributed by atoms with van der Waals surface area (Å²) in [6.45, 7) is 1.38. The molecular formula is C25H20O3. The Hall–Kier alpha value is -3.72. The van der Waals surface area contributed by atoms with Crippen molar-refractivity contribution < 1.29 is 14.7 Å². The molecule has 3 aromatic carbocycles. The minimum atomic E-state index is -1.11. The molecule has 0 atom stereocenters. The summed E-state index contributed by atoms with van der Waals surface area (Å²) in [7, 11) is 0. The van der Waals surface area contributed by atoms with E-state index in [4.69, 9.17) is 0 Å². The highest BCUT2D eigenvalue weighted by Gasteiger charge is 2.16. The van der Waals surface area contributed by atoms with Crippen LogP contribution in [-0.2, 0) is 0 Å². The number of hydrogen-bond donors (Lipinski definition) is 1. The van der Waals surface area contributed by atoms with Gasteiger partial charge in [-0.1, -0.05) is 85.0 Å². The first-order valence-corrected chi connectivity index (χ1v) is 8.93. The molecule has 1 N–H and O–H groups in total. The van der Waals surface area contributed by atoms with Crippen molar-refractivity contribution in [3.8, 4) is 0 Å². The zero-order valence-electron chi connectivity index (χ0n) is 15.5. The van der Waals surface area contributed by atoms with E-state index in [9.17, 15) is 14.7 Å². The van der Waals surface area contributed by atoms with E-state index in [1.54, 1.807) is 12.1 Å². The normalized spacial score (nSPS) is 11.2. The van der Waals surface area contributed by atoms with Crippen LogP contribution < -0.4 is 0 Å². The Morgan fingerprint density at radius 1 is 0.679 bits per heavy atom. The lowest BCUT2D eigenvalue weighted by atomic mass is 9.95. The second-order valence-corrected chi connectivity index (χ2v) is 6.38. The van der Waals surface area contributed by atoms with Crippen molar-refractivity contribution >= 4 is 36.1 Å². The Morgan fingerprint density at radius 3 is 1.50 bits per heavy atom. The van der Waals surface area contributed by atoms with Gasteiger partial charge in [-0.25, -0.2) is 4.79 Å². The molecule has 0 unspecified atom stereocenters. The number of hydrogen-bond acceptors (Lipinski definition) is 2. The summed E-state index contributed by atoms with van der Waals surface area (Å²) >= 11 is 0. The minimum absolute atomic E-state index is 0.0112. The number of carboxylic acid groups (broad SMARTS) is 1. The molecule has 0 fully saturated rings. The second kappa shape index (κ2) is 8.78. The van der Waals surface area contributed by atoms with Gasteiger partial charge in [0.15, 0.2) is 5.78 Å². The lowest BCUT2D eigenvalue weighted by Gasteiger charge is -2.09. The van der Waals surface area contributed by atoms with Crippen LogP contribution in [-0.4, -0.2) is 16.9 Å². The van der Waals surface area contributed by atoms with E-state index in [1.807, 2.05) is 85.0 Å². The molecule has 3 rings (SSSR count). The topological polar surface area (TPSA) is 54.4 Å². The Kier molecular flexibility index (Phi) is 5.97. The molecule has 3 heteroatoms. The highest BCUT2D eigenvalue weighted by Crippen LogP contribution is 2.23. The van der Waals surface area contributed by atoms with Crippen molar-refractivity contribution in [2.45, 2.75) is 6.92 Å². The molecule has 0 aliphatic carbocycles. The smallest absolute Gasteiger partial charge is 0.336 e. The van der Waals surface area contributed by atoms with E-state index in [2.05, 4.69) is 0 Å². The zero-order chi connectivity index (χ0) is 19.9. The second-order valence-electron chi connectivity index (χ2n) is 6.38. The highest BCUT2D eigenvalue weighted by molar-refractivity contribution is 6.06. The maximum Gasteiger partial charge on any atom is 0.336 e. The molecule has 0 spiro atoms. The van der Waals surface area contributed by atoms with Crippen molar-refractivity contribution in [1.82, 2.24) is 0 Å². The summed E-state index contributed by atoms with van der Waals surface area (Å²) in [6, 6.07) is 22.8. The van der Waals surface area contributed by atoms with Crippen LogP contribution in [0.5, 0.6) is 0 Å². The first kappa shape index (κ1) is 19.1. The molecule has 0 saturated carbocycles. The molecule has 138 valence electrons. The maximum atomic E-state index is 12.0. The Morgan fingerprint density at radius 2 is 1.11 bits per heavy atom.